The molecule has 2 heterocycles. The zero-order chi connectivity index (χ0) is 21.3. The Kier molecular flexibility index (Phi) is 5.01. The molecule has 9 nitrogen and oxygen atoms in total. The Labute approximate surface area is 169 Å². The molecule has 4 aromatic rings. The quantitative estimate of drug-likeness (QED) is 0.513. The number of benzene rings is 2. The summed E-state index contributed by atoms with van der Waals surface area (Å²) in [5.74, 6) is 0.147. The Morgan fingerprint density at radius 2 is 1.63 bits per heavy atom. The molecule has 0 aliphatic heterocycles. The van der Waals surface area contributed by atoms with Gasteiger partial charge < -0.3 is 9.88 Å². The number of hydrogen-bond acceptors (Lipinski definition) is 5. The van der Waals surface area contributed by atoms with Gasteiger partial charge >= 0.3 is 5.69 Å². The number of hydrogen-bond donors (Lipinski definition) is 2. The van der Waals surface area contributed by atoms with Crippen LogP contribution in [0, 0.1) is 0 Å². The van der Waals surface area contributed by atoms with Crippen molar-refractivity contribution in [3.63, 3.8) is 0 Å². The van der Waals surface area contributed by atoms with Crippen molar-refractivity contribution in [1.29, 1.82) is 0 Å². The average molecular weight is 405 g/mol. The van der Waals surface area contributed by atoms with Gasteiger partial charge in [0.15, 0.2) is 0 Å². The number of H-pyrrole nitrogens is 2. The Morgan fingerprint density at radius 1 is 0.967 bits per heavy atom. The molecule has 152 valence electrons. The van der Waals surface area contributed by atoms with Crippen molar-refractivity contribution in [3.8, 4) is 0 Å². The van der Waals surface area contributed by atoms with Gasteiger partial charge in [0.25, 0.3) is 11.1 Å². The van der Waals surface area contributed by atoms with Crippen LogP contribution in [0.25, 0.3) is 21.8 Å². The fourth-order valence-corrected chi connectivity index (χ4v) is 3.39. The van der Waals surface area contributed by atoms with Crippen LogP contribution in [0.1, 0.15) is 12.2 Å². The van der Waals surface area contributed by atoms with E-state index in [0.29, 0.717) is 27.6 Å². The summed E-state index contributed by atoms with van der Waals surface area (Å²) in [6.07, 6.45) is 0.0459. The summed E-state index contributed by atoms with van der Waals surface area (Å²) in [4.78, 5) is 59.8. The van der Waals surface area contributed by atoms with Crippen molar-refractivity contribution >= 4 is 27.7 Å². The lowest BCUT2D eigenvalue weighted by Gasteiger charge is -2.17. The van der Waals surface area contributed by atoms with E-state index in [-0.39, 0.29) is 31.0 Å². The highest BCUT2D eigenvalue weighted by Crippen LogP contribution is 2.09. The summed E-state index contributed by atoms with van der Waals surface area (Å²) in [6, 6.07) is 13.7. The number of carbonyl (C=O) groups is 1. The van der Waals surface area contributed by atoms with Gasteiger partial charge in [0.1, 0.15) is 5.82 Å². The smallest absolute Gasteiger partial charge is 0.328 e. The van der Waals surface area contributed by atoms with Crippen molar-refractivity contribution in [2.24, 2.45) is 0 Å². The average Bonchev–Trinajstić information content (AvgIpc) is 2.73. The molecule has 0 spiro atoms. The van der Waals surface area contributed by atoms with Crippen molar-refractivity contribution in [1.82, 2.24) is 24.4 Å². The maximum atomic E-state index is 12.6. The standard InChI is InChI=1S/C21H19N5O4/c1-25(12-17-22-15-8-4-2-6-13(15)19(28)23-17)18(27)10-11-26-16-9-5-3-7-14(16)20(29)24-21(26)30/h2-9H,10-12H2,1H3,(H,22,23,28)(H,24,29,30). The highest BCUT2D eigenvalue weighted by Gasteiger charge is 2.14. The predicted molar refractivity (Wildman–Crippen MR) is 112 cm³/mol. The number of fused-ring (bicyclic) bond motifs is 2. The molecule has 0 aliphatic carbocycles. The lowest BCUT2D eigenvalue weighted by atomic mass is 10.2. The van der Waals surface area contributed by atoms with Gasteiger partial charge in [-0.2, -0.15) is 0 Å². The van der Waals surface area contributed by atoms with Crippen LogP contribution in [-0.4, -0.2) is 37.4 Å². The SMILES string of the molecule is CN(Cc1nc2ccccc2c(=O)[nH]1)C(=O)CCn1c(=O)[nH]c(=O)c2ccccc21. The Bertz CT molecular complexity index is 1430. The van der Waals surface area contributed by atoms with Crippen molar-refractivity contribution in [2.75, 3.05) is 7.05 Å². The summed E-state index contributed by atoms with van der Waals surface area (Å²) in [5.41, 5.74) is -0.246. The first kappa shape index (κ1) is 19.3. The van der Waals surface area contributed by atoms with Crippen LogP contribution in [-0.2, 0) is 17.9 Å². The van der Waals surface area contributed by atoms with Crippen LogP contribution in [0.4, 0.5) is 0 Å². The zero-order valence-corrected chi connectivity index (χ0v) is 16.2. The van der Waals surface area contributed by atoms with Crippen LogP contribution < -0.4 is 16.8 Å². The highest BCUT2D eigenvalue weighted by molar-refractivity contribution is 5.79. The molecular formula is C21H19N5O4. The molecule has 0 atom stereocenters. The van der Waals surface area contributed by atoms with Gasteiger partial charge in [-0.25, -0.2) is 9.78 Å². The molecular weight excluding hydrogens is 386 g/mol. The van der Waals surface area contributed by atoms with Gasteiger partial charge in [0.05, 0.1) is 28.4 Å². The van der Waals surface area contributed by atoms with Crippen LogP contribution in [0.15, 0.2) is 62.9 Å². The number of carbonyl (C=O) groups excluding carboxylic acids is 1. The fraction of sp³-hybridized carbons (Fsp3) is 0.190. The zero-order valence-electron chi connectivity index (χ0n) is 16.2. The van der Waals surface area contributed by atoms with Gasteiger partial charge in [0.2, 0.25) is 5.91 Å². The molecule has 30 heavy (non-hydrogen) atoms. The fourth-order valence-electron chi connectivity index (χ4n) is 3.39. The lowest BCUT2D eigenvalue weighted by molar-refractivity contribution is -0.130. The molecule has 0 bridgehead atoms. The number of nitrogens with one attached hydrogen (secondary N) is 2. The van der Waals surface area contributed by atoms with E-state index >= 15 is 0 Å². The third-order valence-corrected chi connectivity index (χ3v) is 4.93. The summed E-state index contributed by atoms with van der Waals surface area (Å²) < 4.78 is 1.37. The third kappa shape index (κ3) is 3.64. The third-order valence-electron chi connectivity index (χ3n) is 4.93. The van der Waals surface area contributed by atoms with Gasteiger partial charge in [-0.15, -0.1) is 0 Å². The molecule has 2 aromatic carbocycles. The van der Waals surface area contributed by atoms with Crippen molar-refractivity contribution < 1.29 is 4.79 Å². The van der Waals surface area contributed by atoms with Gasteiger partial charge in [0, 0.05) is 20.0 Å². The summed E-state index contributed by atoms with van der Waals surface area (Å²) in [7, 11) is 1.60. The number of para-hydroxylation sites is 2. The molecule has 1 amide bonds. The topological polar surface area (TPSA) is 121 Å². The highest BCUT2D eigenvalue weighted by atomic mass is 16.2. The van der Waals surface area contributed by atoms with Gasteiger partial charge in [-0.3, -0.25) is 23.9 Å². The van der Waals surface area contributed by atoms with E-state index in [0.717, 1.165) is 0 Å². The first-order chi connectivity index (χ1) is 14.4. The molecule has 0 saturated heterocycles. The summed E-state index contributed by atoms with van der Waals surface area (Å²) in [6.45, 7) is 0.237. The predicted octanol–water partition coefficient (Wildman–Crippen LogP) is 0.975. The number of aromatic amines is 2. The second-order valence-electron chi connectivity index (χ2n) is 6.96. The molecule has 0 saturated carbocycles. The van der Waals surface area contributed by atoms with Crippen LogP contribution in [0.3, 0.4) is 0 Å². The van der Waals surface area contributed by atoms with E-state index in [1.807, 2.05) is 0 Å². The molecule has 0 aliphatic rings. The number of nitrogens with zero attached hydrogens (tertiary/aromatic N) is 3. The maximum absolute atomic E-state index is 12.6. The molecule has 9 heteroatoms. The Balaban J connectivity index is 1.51. The second kappa shape index (κ2) is 7.78. The van der Waals surface area contributed by atoms with E-state index in [1.54, 1.807) is 55.6 Å². The molecule has 2 N–H and O–H groups in total. The van der Waals surface area contributed by atoms with Gasteiger partial charge in [-0.05, 0) is 24.3 Å². The number of amides is 1. The molecule has 0 fully saturated rings. The minimum Gasteiger partial charge on any atom is -0.338 e. The molecule has 0 radical (unpaired) electrons. The van der Waals surface area contributed by atoms with E-state index < -0.39 is 11.2 Å². The van der Waals surface area contributed by atoms with Crippen LogP contribution in [0.2, 0.25) is 0 Å². The molecule has 2 aromatic heterocycles. The normalized spacial score (nSPS) is 11.1. The van der Waals surface area contributed by atoms with E-state index in [9.17, 15) is 19.2 Å². The van der Waals surface area contributed by atoms with Crippen LogP contribution in [0.5, 0.6) is 0 Å². The number of aromatic nitrogens is 4. The molecule has 4 rings (SSSR count). The summed E-state index contributed by atoms with van der Waals surface area (Å²) in [5, 5.41) is 0.871. The summed E-state index contributed by atoms with van der Waals surface area (Å²) >= 11 is 0. The van der Waals surface area contributed by atoms with Crippen LogP contribution >= 0.6 is 0 Å². The second-order valence-corrected chi connectivity index (χ2v) is 6.96. The van der Waals surface area contributed by atoms with E-state index in [2.05, 4.69) is 15.0 Å². The Morgan fingerprint density at radius 3 is 2.43 bits per heavy atom. The minimum absolute atomic E-state index is 0.0459. The van der Waals surface area contributed by atoms with E-state index in [1.165, 1.54) is 9.47 Å². The number of aryl methyl sites for hydroxylation is 1. The largest absolute Gasteiger partial charge is 0.338 e. The van der Waals surface area contributed by atoms with Crippen molar-refractivity contribution in [3.05, 3.63) is 85.5 Å². The van der Waals surface area contributed by atoms with Crippen molar-refractivity contribution in [2.45, 2.75) is 19.5 Å². The monoisotopic (exact) mass is 405 g/mol. The lowest BCUT2D eigenvalue weighted by Crippen LogP contribution is -2.33. The van der Waals surface area contributed by atoms with E-state index in [4.69, 9.17) is 0 Å². The molecule has 0 unspecified atom stereocenters. The first-order valence-electron chi connectivity index (χ1n) is 9.38. The minimum atomic E-state index is -0.560. The Hall–Kier alpha value is -4.01. The maximum Gasteiger partial charge on any atom is 0.328 e. The van der Waals surface area contributed by atoms with Gasteiger partial charge in [-0.1, -0.05) is 24.3 Å². The number of rotatable bonds is 5. The first-order valence-corrected chi connectivity index (χ1v) is 9.38.